The number of rotatable bonds is 31. The van der Waals surface area contributed by atoms with E-state index in [1.54, 1.807) is 84.1 Å². The van der Waals surface area contributed by atoms with Gasteiger partial charge in [0.25, 0.3) is 0 Å². The maximum Gasteiger partial charge on any atom is 0.573 e. The van der Waals surface area contributed by atoms with E-state index < -0.39 is 6.36 Å². The van der Waals surface area contributed by atoms with Gasteiger partial charge in [-0.1, -0.05) is 72.8 Å². The zero-order valence-corrected chi connectivity index (χ0v) is 82.1. The van der Waals surface area contributed by atoms with Crippen LogP contribution >= 0.6 is 0 Å². The van der Waals surface area contributed by atoms with Gasteiger partial charge in [-0.05, 0) is 164 Å². The molecule has 0 radical (unpaired) electrons. The third-order valence-electron chi connectivity index (χ3n) is 25.8. The molecule has 2 saturated carbocycles. The van der Waals surface area contributed by atoms with Gasteiger partial charge < -0.3 is 52.8 Å². The van der Waals surface area contributed by atoms with Crippen molar-refractivity contribution in [2.75, 3.05) is 113 Å². The van der Waals surface area contributed by atoms with Gasteiger partial charge in [0.2, 0.25) is 0 Å². The Morgan fingerprint density at radius 3 is 1.08 bits per heavy atom. The van der Waals surface area contributed by atoms with Crippen LogP contribution in [0.4, 0.5) is 64.4 Å². The second kappa shape index (κ2) is 43.6. The number of nitrogens with zero attached hydrogens (tertiary/aromatic N) is 24. The lowest BCUT2D eigenvalue weighted by Gasteiger charge is -2.44. The Kier molecular flexibility index (Phi) is 29.2. The summed E-state index contributed by atoms with van der Waals surface area (Å²) in [5.41, 5.74) is 25.1. The average Bonchev–Trinajstić information content (AvgIpc) is 1.07. The summed E-state index contributed by atoms with van der Waals surface area (Å²) >= 11 is 0. The molecule has 1 saturated heterocycles. The van der Waals surface area contributed by atoms with Crippen LogP contribution in [0.5, 0.6) is 28.7 Å². The van der Waals surface area contributed by atoms with E-state index in [0.717, 1.165) is 213 Å². The first-order valence-corrected chi connectivity index (χ1v) is 48.0. The summed E-state index contributed by atoms with van der Waals surface area (Å²) in [6.07, 6.45) is 26.2. The fraction of sp³-hybridized carbons (Fsp3) is 0.250. The van der Waals surface area contributed by atoms with E-state index in [-0.39, 0.29) is 11.8 Å². The fourth-order valence-corrected chi connectivity index (χ4v) is 17.8. The van der Waals surface area contributed by atoms with Crippen LogP contribution in [0.25, 0.3) is 89.2 Å². The summed E-state index contributed by atoms with van der Waals surface area (Å²) in [5.74, 6) is 3.98. The Bertz CT molecular complexity index is 7560. The highest BCUT2D eigenvalue weighted by Crippen LogP contribution is 2.43. The number of hydrogen-bond acceptors (Lipinski definition) is 24. The molecule has 1 aliphatic heterocycles. The summed E-state index contributed by atoms with van der Waals surface area (Å²) < 4.78 is 74.0. The van der Waals surface area contributed by atoms with Crippen molar-refractivity contribution in [3.05, 3.63) is 328 Å². The number of piperazine rings is 1. The molecule has 0 bridgehead atoms. The van der Waals surface area contributed by atoms with Crippen LogP contribution in [-0.2, 0) is 47.8 Å². The van der Waals surface area contributed by atoms with Crippen LogP contribution in [0.3, 0.4) is 0 Å². The number of fused-ring (bicyclic) bond motifs is 4. The highest BCUT2D eigenvalue weighted by molar-refractivity contribution is 5.87. The second-order valence-corrected chi connectivity index (χ2v) is 36.5. The maximum atomic E-state index is 12.7. The molecule has 1 atom stereocenters. The fourth-order valence-electron chi connectivity index (χ4n) is 17.8. The summed E-state index contributed by atoms with van der Waals surface area (Å²) in [6, 6.07) is 77.2. The zero-order chi connectivity index (χ0) is 99.3. The van der Waals surface area contributed by atoms with Gasteiger partial charge in [-0.3, -0.25) is 48.5 Å². The molecule has 19 aromatic rings. The minimum Gasteiger partial charge on any atom is -0.497 e. The van der Waals surface area contributed by atoms with Gasteiger partial charge in [-0.15, -0.1) is 13.2 Å². The number of ether oxygens (including phenoxy) is 5. The number of alkyl halides is 3. The van der Waals surface area contributed by atoms with Crippen molar-refractivity contribution in [1.29, 1.82) is 0 Å². The summed E-state index contributed by atoms with van der Waals surface area (Å²) in [7, 11) is 18.4. The van der Waals surface area contributed by atoms with E-state index in [4.69, 9.17) is 43.9 Å². The quantitative estimate of drug-likeness (QED) is 0.0392. The Morgan fingerprint density at radius 2 is 0.701 bits per heavy atom. The number of anilines is 9. The third kappa shape index (κ3) is 24.2. The van der Waals surface area contributed by atoms with Gasteiger partial charge in [0.1, 0.15) is 28.7 Å². The van der Waals surface area contributed by atoms with Gasteiger partial charge in [0.15, 0.2) is 0 Å². The van der Waals surface area contributed by atoms with Crippen LogP contribution in [0.1, 0.15) is 36.8 Å². The van der Waals surface area contributed by atoms with E-state index in [9.17, 15) is 13.2 Å². The Labute approximate surface area is 833 Å². The Balaban J connectivity index is 0.000000124. The molecule has 3 fully saturated rings. The Morgan fingerprint density at radius 1 is 0.340 bits per heavy atom. The molecule has 32 heteroatoms. The van der Waals surface area contributed by atoms with Gasteiger partial charge >= 0.3 is 6.36 Å². The van der Waals surface area contributed by atoms with Crippen molar-refractivity contribution in [2.45, 2.75) is 57.7 Å². The molecule has 1 unspecified atom stereocenters. The molecule has 29 nitrogen and oxygen atoms in total. The molecule has 2 aliphatic carbocycles. The average molecular weight is 1930 g/mol. The van der Waals surface area contributed by atoms with Crippen molar-refractivity contribution in [1.82, 2.24) is 93.4 Å². The normalized spacial score (nSPS) is 13.7. The van der Waals surface area contributed by atoms with Crippen molar-refractivity contribution >= 4 is 95.3 Å². The highest BCUT2D eigenvalue weighted by atomic mass is 19.4. The highest BCUT2D eigenvalue weighted by Gasteiger charge is 2.34. The SMILES string of the molecule is CN(C)c1cccc(N(CC2CC2)c2ccc3ncc(-c4cnn(C)c4)nc3c2)c1.COc1cc(OC)cc(N(CC2CN(Cc3ccccc3)CCN2Cc2ccccc2)c2ccc3ncc(-c4cnn(C)c4)nc3c2)c1.COc1cc(OC)cc(N(CCn2cccc2)c2ccc3ncc(-c4cnn(C)c4)nc3c2)c1.Cn1cc(-c2cnc3ccc(N(CC4CC4)c4cccc(OC(F)(F)F)c4)cc3n2)cn1. The van der Waals surface area contributed by atoms with Gasteiger partial charge in [0.05, 0.1) is 145 Å². The van der Waals surface area contributed by atoms with Crippen LogP contribution < -0.4 is 48.2 Å². The maximum absolute atomic E-state index is 12.7. The van der Waals surface area contributed by atoms with E-state index in [1.165, 1.54) is 47.5 Å². The van der Waals surface area contributed by atoms with E-state index in [1.807, 2.05) is 143 Å². The number of halogens is 3. The van der Waals surface area contributed by atoms with Crippen LogP contribution in [-0.4, -0.2) is 194 Å². The molecule has 9 aromatic heterocycles. The summed E-state index contributed by atoms with van der Waals surface area (Å²) in [4.78, 5) is 54.4. The van der Waals surface area contributed by atoms with E-state index in [0.29, 0.717) is 29.4 Å². The van der Waals surface area contributed by atoms with Crippen molar-refractivity contribution < 1.29 is 36.9 Å². The van der Waals surface area contributed by atoms with Gasteiger partial charge in [0, 0.05) is 267 Å². The minimum absolute atomic E-state index is 0.225. The number of aryl methyl sites for hydroxylation is 4. The lowest BCUT2D eigenvalue weighted by Crippen LogP contribution is -2.55. The molecular weight excluding hydrogens is 1820 g/mol. The molecular formula is C112H113F3N24O5. The molecule has 0 spiro atoms. The topological polar surface area (TPSA) is 248 Å². The summed E-state index contributed by atoms with van der Waals surface area (Å²) in [6.45, 7) is 8.75. The monoisotopic (exact) mass is 1930 g/mol. The third-order valence-corrected chi connectivity index (χ3v) is 25.8. The number of aromatic nitrogens is 17. The molecule has 0 amide bonds. The van der Waals surface area contributed by atoms with Crippen LogP contribution in [0.15, 0.2) is 317 Å². The van der Waals surface area contributed by atoms with E-state index in [2.05, 4.69) is 246 Å². The lowest BCUT2D eigenvalue weighted by molar-refractivity contribution is -0.274. The van der Waals surface area contributed by atoms with E-state index >= 15 is 0 Å². The van der Waals surface area contributed by atoms with Crippen molar-refractivity contribution in [3.8, 4) is 73.8 Å². The predicted octanol–water partition coefficient (Wildman–Crippen LogP) is 21.4. The first-order chi connectivity index (χ1) is 70.1. The molecule has 732 valence electrons. The minimum atomic E-state index is -4.73. The predicted molar refractivity (Wildman–Crippen MR) is 560 cm³/mol. The summed E-state index contributed by atoms with van der Waals surface area (Å²) in [5, 5.41) is 17.0. The standard InChI is InChI=1S/C39H41N7O2.C26H26N6O2.C24H26N6.C23H20F3N5O/c1-43-26-31(22-41-43)39-23-40-37-15-14-32(20-38(37)42-39)46(33-18-35(47-2)21-36(19-33)48-3)28-34-27-44(24-29-10-6-4-7-11-29)16-17-45(34)25-30-12-8-5-9-13-30;1-30-18-19(16-28-30)26-17-27-24-7-6-20(14-25(24)29-26)32(11-10-31-8-4-5-9-31)21-12-22(33-2)15-23(13-21)34-3;1-28(2)19-5-4-6-20(11-19)30(15-17-7-8-17)21-9-10-22-23(12-21)27-24(14-25-22)18-13-26-29(3)16-18;1-30-14-16(11-28-30)22-12-27-20-8-7-18(10-21(20)29-22)31(13-15-5-6-15)17-3-2-4-19(9-17)32-23(24,25)26/h4-15,18-23,26,34H,16-17,24-25,27-28H2,1-3H3;4-9,12-18H,10-11H2,1-3H3;4-6,9-14,16-17H,7-8,15H2,1-3H3;2-4,7-12,14-15H,5-6,13H2,1H3. The molecule has 10 aromatic carbocycles. The zero-order valence-electron chi connectivity index (χ0n) is 82.1. The largest absolute Gasteiger partial charge is 0.573 e. The van der Waals surface area contributed by atoms with Gasteiger partial charge in [-0.25, -0.2) is 19.9 Å². The Hall–Kier alpha value is -16.6. The van der Waals surface area contributed by atoms with Crippen LogP contribution in [0.2, 0.25) is 0 Å². The lowest BCUT2D eigenvalue weighted by atomic mass is 10.1. The number of benzene rings is 10. The molecule has 22 rings (SSSR count). The first-order valence-electron chi connectivity index (χ1n) is 48.0. The molecule has 144 heavy (non-hydrogen) atoms. The molecule has 10 heterocycles. The van der Waals surface area contributed by atoms with Gasteiger partial charge in [-0.2, -0.15) is 20.4 Å². The van der Waals surface area contributed by atoms with Crippen LogP contribution in [0, 0.1) is 11.8 Å². The molecule has 0 N–H and O–H groups in total. The van der Waals surface area contributed by atoms with Crippen molar-refractivity contribution in [2.24, 2.45) is 40.0 Å². The number of hydrogen-bond donors (Lipinski definition) is 0. The van der Waals surface area contributed by atoms with Crippen molar-refractivity contribution in [3.63, 3.8) is 0 Å². The second-order valence-electron chi connectivity index (χ2n) is 36.5. The number of methoxy groups -OCH3 is 4. The first kappa shape index (κ1) is 96.3. The smallest absolute Gasteiger partial charge is 0.497 e. The molecule has 3 aliphatic rings.